The van der Waals surface area contributed by atoms with Crippen LogP contribution in [0.3, 0.4) is 0 Å². The fourth-order valence-electron chi connectivity index (χ4n) is 0.713. The van der Waals surface area contributed by atoms with Gasteiger partial charge in [-0.1, -0.05) is 0 Å². The van der Waals surface area contributed by atoms with Gasteiger partial charge in [-0.05, 0) is 0 Å². The Hall–Kier alpha value is -1.97. The van der Waals surface area contributed by atoms with E-state index in [-0.39, 0.29) is 12.0 Å². The molecule has 3 amide bonds. The predicted molar refractivity (Wildman–Crippen MR) is 49.7 cm³/mol. The average molecular weight is 216 g/mol. The highest BCUT2D eigenvalue weighted by molar-refractivity contribution is 6.03. The zero-order chi connectivity index (χ0) is 11.8. The molecule has 0 aliphatic heterocycles. The Balaban J connectivity index is 4.73. The van der Waals surface area contributed by atoms with Gasteiger partial charge < -0.3 is 0 Å². The zero-order valence-electron chi connectivity index (χ0n) is 7.74. The van der Waals surface area contributed by atoms with Crippen LogP contribution in [-0.2, 0) is 14.4 Å². The van der Waals surface area contributed by atoms with Gasteiger partial charge in [0.15, 0.2) is 0 Å². The van der Waals surface area contributed by atoms with Crippen molar-refractivity contribution in [1.82, 2.24) is 16.3 Å². The van der Waals surface area contributed by atoms with E-state index in [1.807, 2.05) is 0 Å². The van der Waals surface area contributed by atoms with Crippen LogP contribution in [-0.4, -0.2) is 17.7 Å². The second kappa shape index (κ2) is 6.48. The zero-order valence-corrected chi connectivity index (χ0v) is 7.74. The first kappa shape index (κ1) is 13.0. The number of hydrogen-bond acceptors (Lipinski definition) is 6. The summed E-state index contributed by atoms with van der Waals surface area (Å²) in [5.41, 5.74) is 5.18. The molecule has 0 aromatic carbocycles. The highest BCUT2D eigenvalue weighted by Gasteiger charge is 2.13. The molecule has 0 saturated heterocycles. The molecule has 9 heteroatoms. The average Bonchev–Trinajstić information content (AvgIpc) is 2.26. The summed E-state index contributed by atoms with van der Waals surface area (Å²) in [5, 5.41) is 0. The van der Waals surface area contributed by atoms with E-state index in [4.69, 9.17) is 17.5 Å². The summed E-state index contributed by atoms with van der Waals surface area (Å²) in [6.07, 6.45) is 0.463. The van der Waals surface area contributed by atoms with Gasteiger partial charge in [-0.15, -0.1) is 0 Å². The van der Waals surface area contributed by atoms with Crippen LogP contribution in [0.2, 0.25) is 0 Å². The van der Waals surface area contributed by atoms with Gasteiger partial charge in [0.25, 0.3) is 11.8 Å². The lowest BCUT2D eigenvalue weighted by molar-refractivity contribution is -0.123. The predicted octanol–water partition coefficient (Wildman–Crippen LogP) is -3.73. The first-order chi connectivity index (χ1) is 7.04. The molecule has 0 aliphatic carbocycles. The molecule has 0 spiro atoms. The molecule has 0 unspecified atom stereocenters. The van der Waals surface area contributed by atoms with Crippen LogP contribution < -0.4 is 33.8 Å². The Morgan fingerprint density at radius 2 is 1.60 bits per heavy atom. The minimum Gasteiger partial charge on any atom is -0.294 e. The van der Waals surface area contributed by atoms with Crippen molar-refractivity contribution in [3.63, 3.8) is 0 Å². The summed E-state index contributed by atoms with van der Waals surface area (Å²) in [7, 11) is 0. The van der Waals surface area contributed by atoms with Crippen LogP contribution in [0.15, 0.2) is 11.6 Å². The lowest BCUT2D eigenvalue weighted by Crippen LogP contribution is -2.37. The van der Waals surface area contributed by atoms with Crippen molar-refractivity contribution in [1.29, 1.82) is 0 Å². The number of hydrazine groups is 3. The molecule has 0 rings (SSSR count). The second-order valence-electron chi connectivity index (χ2n) is 2.40. The molecule has 0 aliphatic rings. The second-order valence-corrected chi connectivity index (χ2v) is 2.40. The molecule has 0 aromatic rings. The minimum atomic E-state index is -0.776. The van der Waals surface area contributed by atoms with Gasteiger partial charge >= 0.3 is 0 Å². The SMILES string of the molecule is NNC(=O)/C=C(\CC(=O)NN)C(=O)NN. The monoisotopic (exact) mass is 216 g/mol. The van der Waals surface area contributed by atoms with Crippen LogP contribution in [0.1, 0.15) is 6.42 Å². The van der Waals surface area contributed by atoms with Crippen molar-refractivity contribution in [3.05, 3.63) is 11.6 Å². The highest BCUT2D eigenvalue weighted by Crippen LogP contribution is 2.00. The van der Waals surface area contributed by atoms with Crippen LogP contribution in [0, 0.1) is 0 Å². The van der Waals surface area contributed by atoms with E-state index in [0.29, 0.717) is 0 Å². The molecule has 0 heterocycles. The maximum Gasteiger partial charge on any atom is 0.261 e. The smallest absolute Gasteiger partial charge is 0.261 e. The van der Waals surface area contributed by atoms with E-state index in [0.717, 1.165) is 6.08 Å². The first-order valence-corrected chi connectivity index (χ1v) is 3.76. The topological polar surface area (TPSA) is 165 Å². The summed E-state index contributed by atoms with van der Waals surface area (Å²) < 4.78 is 0. The summed E-state index contributed by atoms with van der Waals surface area (Å²) in [4.78, 5) is 32.7. The Bertz CT molecular complexity index is 299. The first-order valence-electron chi connectivity index (χ1n) is 3.76. The molecule has 0 radical (unpaired) electrons. The Morgan fingerprint density at radius 3 is 2.00 bits per heavy atom. The van der Waals surface area contributed by atoms with E-state index >= 15 is 0 Å². The maximum atomic E-state index is 11.1. The summed E-state index contributed by atoms with van der Waals surface area (Å²) in [5.74, 6) is 12.3. The van der Waals surface area contributed by atoms with Gasteiger partial charge in [0.2, 0.25) is 5.91 Å². The maximum absolute atomic E-state index is 11.1. The third kappa shape index (κ3) is 4.71. The third-order valence-electron chi connectivity index (χ3n) is 1.38. The van der Waals surface area contributed by atoms with Gasteiger partial charge in [0.05, 0.1) is 6.42 Å². The highest BCUT2D eigenvalue weighted by atomic mass is 16.2. The number of hydrogen-bond donors (Lipinski definition) is 6. The summed E-state index contributed by atoms with van der Waals surface area (Å²) in [6, 6.07) is 0. The number of rotatable bonds is 4. The molecule has 0 bridgehead atoms. The van der Waals surface area contributed by atoms with E-state index in [2.05, 4.69) is 0 Å². The standard InChI is InChI=1S/C6H12N6O3/c7-10-4(13)1-3(6(15)12-9)2-5(14)11-8/h1H,2,7-9H2,(H,10,13)(H,11,14)(H,12,15)/b3-1+. The van der Waals surface area contributed by atoms with Gasteiger partial charge in [0, 0.05) is 11.6 Å². The summed E-state index contributed by atoms with van der Waals surface area (Å²) >= 11 is 0. The van der Waals surface area contributed by atoms with Crippen LogP contribution in [0.25, 0.3) is 0 Å². The van der Waals surface area contributed by atoms with Crippen LogP contribution in [0.4, 0.5) is 0 Å². The minimum absolute atomic E-state index is 0.164. The van der Waals surface area contributed by atoms with Crippen LogP contribution in [0.5, 0.6) is 0 Å². The Morgan fingerprint density at radius 1 is 1.00 bits per heavy atom. The van der Waals surface area contributed by atoms with E-state index < -0.39 is 17.7 Å². The third-order valence-corrected chi connectivity index (χ3v) is 1.38. The molecule has 0 fully saturated rings. The largest absolute Gasteiger partial charge is 0.294 e. The molecule has 15 heavy (non-hydrogen) atoms. The molecule has 0 atom stereocenters. The van der Waals surface area contributed by atoms with Gasteiger partial charge in [-0.3, -0.25) is 30.7 Å². The number of carbonyl (C=O) groups excluding carboxylic acids is 3. The molecule has 9 N–H and O–H groups in total. The van der Waals surface area contributed by atoms with Crippen molar-refractivity contribution in [2.24, 2.45) is 17.5 Å². The molecular weight excluding hydrogens is 204 g/mol. The number of nitrogens with two attached hydrogens (primary N) is 3. The Labute approximate surface area is 84.9 Å². The van der Waals surface area contributed by atoms with Gasteiger partial charge in [0.1, 0.15) is 0 Å². The lowest BCUT2D eigenvalue weighted by atomic mass is 10.1. The normalized spacial score (nSPS) is 10.5. The molecule has 0 aromatic heterocycles. The fourth-order valence-corrected chi connectivity index (χ4v) is 0.713. The summed E-state index contributed by atoms with van der Waals surface area (Å²) in [6.45, 7) is 0. The number of amides is 3. The van der Waals surface area contributed by atoms with Crippen molar-refractivity contribution in [2.75, 3.05) is 0 Å². The van der Waals surface area contributed by atoms with E-state index in [9.17, 15) is 14.4 Å². The number of carbonyl (C=O) groups is 3. The molecule has 0 saturated carbocycles. The van der Waals surface area contributed by atoms with Gasteiger partial charge in [-0.25, -0.2) is 17.5 Å². The van der Waals surface area contributed by atoms with E-state index in [1.165, 1.54) is 0 Å². The molecular formula is C6H12N6O3. The van der Waals surface area contributed by atoms with Crippen molar-refractivity contribution in [2.45, 2.75) is 6.42 Å². The lowest BCUT2D eigenvalue weighted by Gasteiger charge is -2.04. The fraction of sp³-hybridized carbons (Fsp3) is 0.167. The molecule has 9 nitrogen and oxygen atoms in total. The van der Waals surface area contributed by atoms with Crippen molar-refractivity contribution < 1.29 is 14.4 Å². The van der Waals surface area contributed by atoms with Crippen LogP contribution >= 0.6 is 0 Å². The van der Waals surface area contributed by atoms with Gasteiger partial charge in [-0.2, -0.15) is 0 Å². The Kier molecular flexibility index (Phi) is 5.63. The van der Waals surface area contributed by atoms with Crippen molar-refractivity contribution in [3.8, 4) is 0 Å². The molecule has 84 valence electrons. The van der Waals surface area contributed by atoms with E-state index in [1.54, 1.807) is 16.3 Å². The quantitative estimate of drug-likeness (QED) is 0.122. The number of nitrogens with one attached hydrogen (secondary N) is 3. The van der Waals surface area contributed by atoms with Crippen molar-refractivity contribution >= 4 is 17.7 Å².